The summed E-state index contributed by atoms with van der Waals surface area (Å²) >= 11 is 3.11. The molecule has 0 aliphatic heterocycles. The molecule has 1 aromatic carbocycles. The SMILES string of the molecule is CCC(C)N(C)C(=O)c1ccc(Br)c(S(=O)(=O)Cl)c1. The van der Waals surface area contributed by atoms with Crippen molar-refractivity contribution in [2.24, 2.45) is 0 Å². The van der Waals surface area contributed by atoms with Crippen LogP contribution >= 0.6 is 26.6 Å². The van der Waals surface area contributed by atoms with E-state index in [4.69, 9.17) is 10.7 Å². The number of nitrogens with zero attached hydrogens (tertiary/aromatic N) is 1. The fourth-order valence-electron chi connectivity index (χ4n) is 1.50. The van der Waals surface area contributed by atoms with Gasteiger partial charge in [-0.15, -0.1) is 0 Å². The highest BCUT2D eigenvalue weighted by molar-refractivity contribution is 9.10. The van der Waals surface area contributed by atoms with E-state index >= 15 is 0 Å². The Kier molecular flexibility index (Phi) is 5.41. The molecule has 0 aliphatic carbocycles. The summed E-state index contributed by atoms with van der Waals surface area (Å²) in [6.07, 6.45) is 0.819. The van der Waals surface area contributed by atoms with Crippen LogP contribution in [0.2, 0.25) is 0 Å². The monoisotopic (exact) mass is 367 g/mol. The molecule has 1 rings (SSSR count). The summed E-state index contributed by atoms with van der Waals surface area (Å²) in [4.78, 5) is 13.7. The number of benzene rings is 1. The lowest BCUT2D eigenvalue weighted by molar-refractivity contribution is 0.0740. The van der Waals surface area contributed by atoms with Crippen LogP contribution in [0.5, 0.6) is 0 Å². The highest BCUT2D eigenvalue weighted by Crippen LogP contribution is 2.26. The summed E-state index contributed by atoms with van der Waals surface area (Å²) in [5.41, 5.74) is 0.297. The Morgan fingerprint density at radius 2 is 2.05 bits per heavy atom. The Labute approximate surface area is 126 Å². The standard InChI is InChI=1S/C12H15BrClNO3S/c1-4-8(2)15(3)12(16)9-5-6-10(13)11(7-9)19(14,17)18/h5-8H,4H2,1-3H3. The topological polar surface area (TPSA) is 54.5 Å². The van der Waals surface area contributed by atoms with E-state index in [1.54, 1.807) is 18.0 Å². The smallest absolute Gasteiger partial charge is 0.262 e. The first-order chi connectivity index (χ1) is 8.68. The Morgan fingerprint density at radius 1 is 1.47 bits per heavy atom. The van der Waals surface area contributed by atoms with Crippen LogP contribution < -0.4 is 0 Å². The van der Waals surface area contributed by atoms with E-state index in [0.717, 1.165) is 6.42 Å². The Bertz CT molecular complexity index is 589. The number of halogens is 2. The lowest BCUT2D eigenvalue weighted by atomic mass is 10.1. The maximum Gasteiger partial charge on any atom is 0.262 e. The summed E-state index contributed by atoms with van der Waals surface area (Å²) < 4.78 is 23.1. The molecule has 0 bridgehead atoms. The van der Waals surface area contributed by atoms with Gasteiger partial charge in [-0.2, -0.15) is 0 Å². The second kappa shape index (κ2) is 6.24. The van der Waals surface area contributed by atoms with Crippen LogP contribution in [0.15, 0.2) is 27.6 Å². The van der Waals surface area contributed by atoms with Crippen molar-refractivity contribution in [3.8, 4) is 0 Å². The summed E-state index contributed by atoms with van der Waals surface area (Å²) in [5, 5.41) is 0. The molecule has 0 saturated heterocycles. The molecule has 4 nitrogen and oxygen atoms in total. The van der Waals surface area contributed by atoms with Crippen molar-refractivity contribution >= 4 is 41.6 Å². The first kappa shape index (κ1) is 16.5. The first-order valence-corrected chi connectivity index (χ1v) is 8.80. The normalized spacial score (nSPS) is 13.1. The van der Waals surface area contributed by atoms with Gasteiger partial charge in [0.2, 0.25) is 0 Å². The third kappa shape index (κ3) is 3.94. The van der Waals surface area contributed by atoms with E-state index in [-0.39, 0.29) is 16.8 Å². The van der Waals surface area contributed by atoms with Crippen molar-refractivity contribution < 1.29 is 13.2 Å². The van der Waals surface area contributed by atoms with Crippen LogP contribution in [0.3, 0.4) is 0 Å². The molecule has 1 atom stereocenters. The second-order valence-electron chi connectivity index (χ2n) is 4.26. The predicted octanol–water partition coefficient (Wildman–Crippen LogP) is 3.25. The summed E-state index contributed by atoms with van der Waals surface area (Å²) in [6.45, 7) is 3.90. The maximum atomic E-state index is 12.2. The van der Waals surface area contributed by atoms with Crippen LogP contribution in [-0.4, -0.2) is 32.3 Å². The Morgan fingerprint density at radius 3 is 2.53 bits per heavy atom. The molecule has 1 unspecified atom stereocenters. The van der Waals surface area contributed by atoms with Crippen molar-refractivity contribution in [1.82, 2.24) is 4.90 Å². The molecule has 19 heavy (non-hydrogen) atoms. The van der Waals surface area contributed by atoms with Gasteiger partial charge in [0.15, 0.2) is 0 Å². The van der Waals surface area contributed by atoms with Gasteiger partial charge >= 0.3 is 0 Å². The van der Waals surface area contributed by atoms with Crippen LogP contribution in [0.4, 0.5) is 0 Å². The molecule has 0 heterocycles. The van der Waals surface area contributed by atoms with Crippen LogP contribution in [-0.2, 0) is 9.05 Å². The molecule has 0 fully saturated rings. The zero-order valence-corrected chi connectivity index (χ0v) is 14.0. The fourth-order valence-corrected chi connectivity index (χ4v) is 3.62. The Balaban J connectivity index is 3.20. The minimum atomic E-state index is -3.89. The van der Waals surface area contributed by atoms with Crippen molar-refractivity contribution in [2.45, 2.75) is 31.2 Å². The van der Waals surface area contributed by atoms with E-state index in [2.05, 4.69) is 15.9 Å². The van der Waals surface area contributed by atoms with E-state index in [1.807, 2.05) is 13.8 Å². The largest absolute Gasteiger partial charge is 0.339 e. The number of carbonyl (C=O) groups is 1. The van der Waals surface area contributed by atoms with Gasteiger partial charge in [-0.1, -0.05) is 6.92 Å². The van der Waals surface area contributed by atoms with Gasteiger partial charge in [-0.3, -0.25) is 4.79 Å². The highest BCUT2D eigenvalue weighted by atomic mass is 79.9. The summed E-state index contributed by atoms with van der Waals surface area (Å²) in [7, 11) is 3.13. The molecule has 0 spiro atoms. The molecule has 106 valence electrons. The van der Waals surface area contributed by atoms with Gasteiger partial charge in [0.25, 0.3) is 15.0 Å². The number of carbonyl (C=O) groups excluding carboxylic acids is 1. The maximum absolute atomic E-state index is 12.2. The molecule has 1 aromatic rings. The van der Waals surface area contributed by atoms with Crippen molar-refractivity contribution in [3.63, 3.8) is 0 Å². The zero-order chi connectivity index (χ0) is 14.8. The second-order valence-corrected chi connectivity index (χ2v) is 7.65. The third-order valence-electron chi connectivity index (χ3n) is 3.01. The molecule has 0 aliphatic rings. The van der Waals surface area contributed by atoms with Gasteiger partial charge in [-0.25, -0.2) is 8.42 Å². The number of hydrogen-bond donors (Lipinski definition) is 0. The number of hydrogen-bond acceptors (Lipinski definition) is 3. The van der Waals surface area contributed by atoms with E-state index in [1.165, 1.54) is 12.1 Å². The average Bonchev–Trinajstić information content (AvgIpc) is 2.35. The summed E-state index contributed by atoms with van der Waals surface area (Å²) in [6, 6.07) is 4.43. The average molecular weight is 369 g/mol. The molecular weight excluding hydrogens is 354 g/mol. The summed E-state index contributed by atoms with van der Waals surface area (Å²) in [5.74, 6) is -0.233. The van der Waals surface area contributed by atoms with Gasteiger partial charge < -0.3 is 4.90 Å². The molecule has 0 aromatic heterocycles. The first-order valence-electron chi connectivity index (χ1n) is 5.69. The van der Waals surface area contributed by atoms with Gasteiger partial charge in [0.1, 0.15) is 0 Å². The zero-order valence-electron chi connectivity index (χ0n) is 10.9. The van der Waals surface area contributed by atoms with Crippen LogP contribution in [0.25, 0.3) is 0 Å². The fraction of sp³-hybridized carbons (Fsp3) is 0.417. The number of rotatable bonds is 4. The van der Waals surface area contributed by atoms with Gasteiger partial charge in [0.05, 0.1) is 4.90 Å². The molecule has 0 saturated carbocycles. The quantitative estimate of drug-likeness (QED) is 0.767. The van der Waals surface area contributed by atoms with Gasteiger partial charge in [-0.05, 0) is 47.5 Å². The molecule has 0 N–H and O–H groups in total. The van der Waals surface area contributed by atoms with E-state index < -0.39 is 9.05 Å². The predicted molar refractivity (Wildman–Crippen MR) is 79.0 cm³/mol. The molecule has 7 heteroatoms. The molecule has 1 amide bonds. The van der Waals surface area contributed by atoms with Crippen molar-refractivity contribution in [1.29, 1.82) is 0 Å². The highest BCUT2D eigenvalue weighted by Gasteiger charge is 2.20. The van der Waals surface area contributed by atoms with Gasteiger partial charge in [0, 0.05) is 33.8 Å². The van der Waals surface area contributed by atoms with Crippen molar-refractivity contribution in [3.05, 3.63) is 28.2 Å². The lowest BCUT2D eigenvalue weighted by Crippen LogP contribution is -2.34. The Hall–Kier alpha value is -0.590. The molecule has 0 radical (unpaired) electrons. The number of amides is 1. The van der Waals surface area contributed by atoms with E-state index in [0.29, 0.717) is 10.0 Å². The van der Waals surface area contributed by atoms with Crippen LogP contribution in [0, 0.1) is 0 Å². The minimum absolute atomic E-state index is 0.0761. The van der Waals surface area contributed by atoms with Crippen LogP contribution in [0.1, 0.15) is 30.6 Å². The van der Waals surface area contributed by atoms with E-state index in [9.17, 15) is 13.2 Å². The van der Waals surface area contributed by atoms with Crippen molar-refractivity contribution in [2.75, 3.05) is 7.05 Å². The third-order valence-corrected chi connectivity index (χ3v) is 5.33. The lowest BCUT2D eigenvalue weighted by Gasteiger charge is -2.24. The molecular formula is C12H15BrClNO3S. The minimum Gasteiger partial charge on any atom is -0.339 e.